The molecule has 0 aromatic rings. The molecular weight excluding hydrogens is 193 g/mol. The minimum atomic E-state index is -0.981. The normalized spacial score (nSPS) is 24.5. The van der Waals surface area contributed by atoms with E-state index in [2.05, 4.69) is 17.2 Å². The van der Waals surface area contributed by atoms with Gasteiger partial charge in [0.15, 0.2) is 0 Å². The average Bonchev–Trinajstić information content (AvgIpc) is 1.86. The first-order chi connectivity index (χ1) is 2.89. The van der Waals surface area contributed by atoms with Gasteiger partial charge in [0.2, 0.25) is 0 Å². The zero-order chi connectivity index (χ0) is 4.41. The van der Waals surface area contributed by atoms with E-state index in [1.165, 1.54) is 0 Å². The van der Waals surface area contributed by atoms with Crippen molar-refractivity contribution in [3.05, 3.63) is 0 Å². The zero-order valence-electron chi connectivity index (χ0n) is 3.40. The first-order valence-electron chi connectivity index (χ1n) is 1.53. The van der Waals surface area contributed by atoms with Crippen molar-refractivity contribution < 1.29 is 0 Å². The molecule has 0 aromatic heterocycles. The molecule has 1 aliphatic rings. The van der Waals surface area contributed by atoms with Crippen LogP contribution in [0.4, 0.5) is 0 Å². The topological polar surface area (TPSA) is 36.4 Å². The standard InChI is InChI=1S/C2H6IN3/c1-3-4-2-5-6-3/h2,6H,1H3,(H,4,5). The van der Waals surface area contributed by atoms with Crippen LogP contribution in [0.15, 0.2) is 3.21 Å². The van der Waals surface area contributed by atoms with Gasteiger partial charge in [0.05, 0.1) is 0 Å². The second-order valence-electron chi connectivity index (χ2n) is 0.908. The predicted octanol–water partition coefficient (Wildman–Crippen LogP) is 0.0887. The Morgan fingerprint density at radius 3 is 2.83 bits per heavy atom. The Morgan fingerprint density at radius 2 is 2.67 bits per heavy atom. The van der Waals surface area contributed by atoms with Crippen LogP contribution >= 0.6 is 20.4 Å². The molecule has 3 nitrogen and oxygen atoms in total. The maximum absolute atomic E-state index is 4.05. The Balaban J connectivity index is 2.38. The molecule has 0 saturated heterocycles. The number of nitrogens with one attached hydrogen (secondary N) is 2. The van der Waals surface area contributed by atoms with Crippen LogP contribution in [-0.2, 0) is 0 Å². The molecule has 0 amide bonds. The summed E-state index contributed by atoms with van der Waals surface area (Å²) < 4.78 is 7.05. The number of halogens is 1. The summed E-state index contributed by atoms with van der Waals surface area (Å²) >= 11 is -0.981. The number of hydrogen-bond donors (Lipinski definition) is 2. The predicted molar refractivity (Wildman–Crippen MR) is 34.7 cm³/mol. The maximum atomic E-state index is 4.05. The molecule has 0 unspecified atom stereocenters. The van der Waals surface area contributed by atoms with Crippen LogP contribution in [0.25, 0.3) is 0 Å². The summed E-state index contributed by atoms with van der Waals surface area (Å²) in [6.07, 6.45) is 1.71. The SMILES string of the molecule is CI1N=CNN1. The molecule has 0 spiro atoms. The first kappa shape index (κ1) is 4.32. The third-order valence-corrected chi connectivity index (χ3v) is 2.66. The van der Waals surface area contributed by atoms with Crippen molar-refractivity contribution in [2.75, 3.05) is 4.93 Å². The fourth-order valence-electron chi connectivity index (χ4n) is 0.225. The Labute approximate surface area is 44.3 Å². The van der Waals surface area contributed by atoms with Crippen molar-refractivity contribution in [2.45, 2.75) is 0 Å². The first-order valence-corrected chi connectivity index (χ1v) is 5.73. The van der Waals surface area contributed by atoms with E-state index in [1.54, 1.807) is 6.34 Å². The molecule has 0 aliphatic carbocycles. The van der Waals surface area contributed by atoms with Crippen molar-refractivity contribution in [1.82, 2.24) is 9.06 Å². The van der Waals surface area contributed by atoms with Crippen LogP contribution in [0.5, 0.6) is 0 Å². The number of nitrogens with zero attached hydrogens (tertiary/aromatic N) is 1. The summed E-state index contributed by atoms with van der Waals surface area (Å²) in [6.45, 7) is 0. The number of rotatable bonds is 0. The van der Waals surface area contributed by atoms with Crippen LogP contribution in [0, 0.1) is 0 Å². The Hall–Kier alpha value is 0.160. The van der Waals surface area contributed by atoms with E-state index in [9.17, 15) is 0 Å². The summed E-state index contributed by atoms with van der Waals surface area (Å²) in [5, 5.41) is 0. The van der Waals surface area contributed by atoms with Crippen molar-refractivity contribution in [3.63, 3.8) is 0 Å². The molecule has 36 valence electrons. The van der Waals surface area contributed by atoms with Gasteiger partial charge < -0.3 is 0 Å². The van der Waals surface area contributed by atoms with Gasteiger partial charge in [-0.05, 0) is 0 Å². The van der Waals surface area contributed by atoms with Gasteiger partial charge in [0.1, 0.15) is 0 Å². The average molecular weight is 199 g/mol. The molecule has 1 rings (SSSR count). The summed E-state index contributed by atoms with van der Waals surface area (Å²) in [6, 6.07) is 0. The Bertz CT molecular complexity index is 71.2. The van der Waals surface area contributed by atoms with Crippen LogP contribution in [0.3, 0.4) is 0 Å². The third kappa shape index (κ3) is 0.810. The van der Waals surface area contributed by atoms with E-state index in [0.717, 1.165) is 0 Å². The van der Waals surface area contributed by atoms with Gasteiger partial charge in [-0.1, -0.05) is 0 Å². The Kier molecular flexibility index (Phi) is 1.25. The van der Waals surface area contributed by atoms with Gasteiger partial charge in [-0.25, -0.2) is 0 Å². The van der Waals surface area contributed by atoms with E-state index in [-0.39, 0.29) is 0 Å². The van der Waals surface area contributed by atoms with E-state index < -0.39 is 20.4 Å². The van der Waals surface area contributed by atoms with Crippen LogP contribution < -0.4 is 9.06 Å². The van der Waals surface area contributed by atoms with Gasteiger partial charge in [0.25, 0.3) is 0 Å². The fraction of sp³-hybridized carbons (Fsp3) is 0.500. The number of hydrazine groups is 1. The van der Waals surface area contributed by atoms with Crippen LogP contribution in [0.2, 0.25) is 0 Å². The van der Waals surface area contributed by atoms with E-state index in [4.69, 9.17) is 0 Å². The number of alkyl halides is 1. The third-order valence-electron chi connectivity index (χ3n) is 0.451. The van der Waals surface area contributed by atoms with Gasteiger partial charge in [0, 0.05) is 0 Å². The van der Waals surface area contributed by atoms with Gasteiger partial charge in [-0.15, -0.1) is 0 Å². The quantitative estimate of drug-likeness (QED) is 0.329. The molecule has 0 fully saturated rings. The monoisotopic (exact) mass is 199 g/mol. The molecule has 0 saturated carbocycles. The summed E-state index contributed by atoms with van der Waals surface area (Å²) in [5.41, 5.74) is 2.80. The van der Waals surface area contributed by atoms with Crippen LogP contribution in [0.1, 0.15) is 0 Å². The second-order valence-corrected chi connectivity index (χ2v) is 4.53. The zero-order valence-corrected chi connectivity index (χ0v) is 5.56. The van der Waals surface area contributed by atoms with Crippen molar-refractivity contribution in [1.29, 1.82) is 0 Å². The molecule has 4 heteroatoms. The fourth-order valence-corrected chi connectivity index (χ4v) is 1.51. The molecule has 0 bridgehead atoms. The molecule has 2 N–H and O–H groups in total. The van der Waals surface area contributed by atoms with Crippen molar-refractivity contribution in [2.24, 2.45) is 3.21 Å². The van der Waals surface area contributed by atoms with Gasteiger partial charge in [-0.3, -0.25) is 0 Å². The summed E-state index contributed by atoms with van der Waals surface area (Å²) in [4.78, 5) is 2.13. The van der Waals surface area contributed by atoms with E-state index in [1.807, 2.05) is 0 Å². The Morgan fingerprint density at radius 1 is 1.83 bits per heavy atom. The van der Waals surface area contributed by atoms with E-state index in [0.29, 0.717) is 0 Å². The summed E-state index contributed by atoms with van der Waals surface area (Å²) in [7, 11) is 0. The second kappa shape index (κ2) is 1.74. The molecular formula is C2H6IN3. The summed E-state index contributed by atoms with van der Waals surface area (Å²) in [5.74, 6) is 0. The molecule has 1 aliphatic heterocycles. The van der Waals surface area contributed by atoms with E-state index >= 15 is 0 Å². The van der Waals surface area contributed by atoms with Crippen molar-refractivity contribution in [3.8, 4) is 0 Å². The molecule has 0 aromatic carbocycles. The van der Waals surface area contributed by atoms with Gasteiger partial charge >= 0.3 is 43.9 Å². The molecule has 0 radical (unpaired) electrons. The van der Waals surface area contributed by atoms with Crippen molar-refractivity contribution >= 4 is 26.7 Å². The minimum absolute atomic E-state index is 0.981. The van der Waals surface area contributed by atoms with Crippen LogP contribution in [-0.4, -0.2) is 11.3 Å². The van der Waals surface area contributed by atoms with Gasteiger partial charge in [-0.2, -0.15) is 0 Å². The number of hydrogen-bond acceptors (Lipinski definition) is 3. The molecule has 1 heterocycles. The molecule has 0 atom stereocenters. The molecule has 6 heavy (non-hydrogen) atoms.